The van der Waals surface area contributed by atoms with Gasteiger partial charge in [0.25, 0.3) is 0 Å². The van der Waals surface area contributed by atoms with Gasteiger partial charge in [0.05, 0.1) is 12.5 Å². The van der Waals surface area contributed by atoms with Crippen LogP contribution < -0.4 is 0 Å². The van der Waals surface area contributed by atoms with Crippen LogP contribution in [0.3, 0.4) is 0 Å². The summed E-state index contributed by atoms with van der Waals surface area (Å²) >= 11 is 1.54. The van der Waals surface area contributed by atoms with E-state index in [0.717, 1.165) is 29.7 Å². The number of thiophene rings is 1. The molecule has 0 radical (unpaired) electrons. The van der Waals surface area contributed by atoms with Crippen molar-refractivity contribution >= 4 is 23.1 Å². The van der Waals surface area contributed by atoms with E-state index < -0.39 is 12.0 Å². The highest BCUT2D eigenvalue weighted by Gasteiger charge is 2.40. The Hall–Kier alpha value is -2.05. The lowest BCUT2D eigenvalue weighted by Crippen LogP contribution is -2.38. The molecule has 1 atom stereocenters. The van der Waals surface area contributed by atoms with Gasteiger partial charge in [0, 0.05) is 34.3 Å². The summed E-state index contributed by atoms with van der Waals surface area (Å²) < 4.78 is 14.4. The first-order valence-electron chi connectivity index (χ1n) is 8.87. The monoisotopic (exact) mass is 373 g/mol. The van der Waals surface area contributed by atoms with Crippen LogP contribution in [0.4, 0.5) is 4.39 Å². The zero-order valence-corrected chi connectivity index (χ0v) is 15.1. The molecule has 2 aliphatic rings. The number of carboxylic acids is 1. The van der Waals surface area contributed by atoms with Gasteiger partial charge >= 0.3 is 5.97 Å². The number of hydrogen-bond acceptors (Lipinski definition) is 4. The van der Waals surface area contributed by atoms with E-state index in [9.17, 15) is 14.0 Å². The van der Waals surface area contributed by atoms with E-state index in [1.807, 2.05) is 6.07 Å². The topological polar surface area (TPSA) is 57.6 Å². The minimum Gasteiger partial charge on any atom is -0.481 e. The molecule has 0 unspecified atom stereocenters. The number of carbonyl (C=O) groups is 2. The molecule has 1 aliphatic heterocycles. The first-order valence-corrected chi connectivity index (χ1v) is 9.69. The minimum absolute atomic E-state index is 0.0232. The van der Waals surface area contributed by atoms with Crippen LogP contribution in [0, 0.1) is 11.7 Å². The Bertz CT molecular complexity index is 858. The highest BCUT2D eigenvalue weighted by molar-refractivity contribution is 7.12. The molecule has 1 aromatic carbocycles. The normalized spacial score (nSPS) is 18.3. The van der Waals surface area contributed by atoms with Crippen LogP contribution in [0.25, 0.3) is 0 Å². The van der Waals surface area contributed by atoms with Gasteiger partial charge in [-0.05, 0) is 37.0 Å². The van der Waals surface area contributed by atoms with E-state index in [-0.39, 0.29) is 23.9 Å². The Morgan fingerprint density at radius 1 is 1.31 bits per heavy atom. The van der Waals surface area contributed by atoms with Gasteiger partial charge in [-0.1, -0.05) is 18.2 Å². The maximum absolute atomic E-state index is 14.4. The van der Waals surface area contributed by atoms with E-state index in [1.165, 1.54) is 22.3 Å². The van der Waals surface area contributed by atoms with Gasteiger partial charge in [0.15, 0.2) is 5.78 Å². The molecule has 4 nitrogen and oxygen atoms in total. The van der Waals surface area contributed by atoms with Crippen molar-refractivity contribution in [1.82, 2.24) is 4.90 Å². The summed E-state index contributed by atoms with van der Waals surface area (Å²) in [5, 5.41) is 9.00. The lowest BCUT2D eigenvalue weighted by molar-refractivity contribution is -0.136. The van der Waals surface area contributed by atoms with Gasteiger partial charge in [-0.2, -0.15) is 0 Å². The highest BCUT2D eigenvalue weighted by Crippen LogP contribution is 2.40. The maximum Gasteiger partial charge on any atom is 0.308 e. The maximum atomic E-state index is 14.4. The van der Waals surface area contributed by atoms with E-state index in [4.69, 9.17) is 5.11 Å². The Morgan fingerprint density at radius 2 is 2.08 bits per heavy atom. The molecular formula is C20H20FNO3S. The average Bonchev–Trinajstić information content (AvgIpc) is 3.37. The second-order valence-corrected chi connectivity index (χ2v) is 8.27. The van der Waals surface area contributed by atoms with Gasteiger partial charge in [-0.15, -0.1) is 11.3 Å². The van der Waals surface area contributed by atoms with Crippen molar-refractivity contribution < 1.29 is 19.1 Å². The Kier molecular flexibility index (Phi) is 4.63. The molecule has 0 amide bonds. The fourth-order valence-electron chi connectivity index (χ4n) is 3.69. The third-order valence-corrected chi connectivity index (χ3v) is 6.32. The molecule has 6 heteroatoms. The van der Waals surface area contributed by atoms with Crippen LogP contribution in [0.2, 0.25) is 0 Å². The number of hydrogen-bond donors (Lipinski definition) is 1. The molecule has 2 aromatic rings. The number of Topliss-reactive ketones (excluding diaryl/α,β-unsaturated/α-hetero) is 1. The fraction of sp³-hybridized carbons (Fsp3) is 0.400. The molecule has 1 aliphatic carbocycles. The third-order valence-electron chi connectivity index (χ3n) is 5.09. The number of carbonyl (C=O) groups excluding carboxylic acids is 1. The number of ketones is 1. The summed E-state index contributed by atoms with van der Waals surface area (Å²) in [6, 6.07) is 7.91. The van der Waals surface area contributed by atoms with E-state index in [0.29, 0.717) is 18.7 Å². The molecule has 2 heterocycles. The Morgan fingerprint density at radius 3 is 2.77 bits per heavy atom. The summed E-state index contributed by atoms with van der Waals surface area (Å²) in [7, 11) is 0. The van der Waals surface area contributed by atoms with Crippen molar-refractivity contribution in [3.8, 4) is 0 Å². The molecule has 26 heavy (non-hydrogen) atoms. The summed E-state index contributed by atoms with van der Waals surface area (Å²) in [6.07, 6.45) is 2.58. The van der Waals surface area contributed by atoms with Gasteiger partial charge < -0.3 is 5.11 Å². The zero-order chi connectivity index (χ0) is 18.3. The molecule has 136 valence electrons. The quantitative estimate of drug-likeness (QED) is 0.841. The Balaban J connectivity index is 1.63. The van der Waals surface area contributed by atoms with Crippen LogP contribution >= 0.6 is 11.3 Å². The fourth-order valence-corrected chi connectivity index (χ4v) is 4.85. The average molecular weight is 373 g/mol. The van der Waals surface area contributed by atoms with Crippen molar-refractivity contribution in [3.63, 3.8) is 0 Å². The number of carboxylic acid groups (broad SMARTS) is 1. The van der Waals surface area contributed by atoms with E-state index in [2.05, 4.69) is 4.90 Å². The first kappa shape index (κ1) is 17.4. The van der Waals surface area contributed by atoms with E-state index in [1.54, 1.807) is 18.2 Å². The summed E-state index contributed by atoms with van der Waals surface area (Å²) in [5.74, 6) is -1.02. The van der Waals surface area contributed by atoms with Crippen LogP contribution in [0.15, 0.2) is 30.3 Å². The van der Waals surface area contributed by atoms with Crippen molar-refractivity contribution in [2.45, 2.75) is 38.3 Å². The standard InChI is InChI=1S/C20H20FNO3S/c21-16-4-2-1-3-15(16)19(20(25)12-5-6-12)22-8-7-17-13(11-22)9-14(26-17)10-18(23)24/h1-4,9,12,19H,5-8,10-11H2,(H,23,24)/t19-/m1/s1. The van der Waals surface area contributed by atoms with Crippen LogP contribution in [-0.2, 0) is 29.0 Å². The van der Waals surface area contributed by atoms with Gasteiger partial charge in [-0.25, -0.2) is 4.39 Å². The molecule has 1 aromatic heterocycles. The summed E-state index contributed by atoms with van der Waals surface area (Å²) in [4.78, 5) is 28.0. The second kappa shape index (κ2) is 6.93. The number of halogens is 1. The third kappa shape index (κ3) is 3.44. The number of nitrogens with zero attached hydrogens (tertiary/aromatic N) is 1. The smallest absolute Gasteiger partial charge is 0.308 e. The molecule has 1 saturated carbocycles. The number of aliphatic carboxylic acids is 1. The van der Waals surface area contributed by atoms with Crippen molar-refractivity contribution in [3.05, 3.63) is 57.0 Å². The Labute approximate surface area is 155 Å². The highest BCUT2D eigenvalue weighted by atomic mass is 32.1. The van der Waals surface area contributed by atoms with Gasteiger partial charge in [0.1, 0.15) is 5.82 Å². The van der Waals surface area contributed by atoms with Crippen molar-refractivity contribution in [2.75, 3.05) is 6.54 Å². The number of benzene rings is 1. The van der Waals surface area contributed by atoms with Crippen LogP contribution in [0.1, 0.15) is 39.8 Å². The zero-order valence-electron chi connectivity index (χ0n) is 14.3. The van der Waals surface area contributed by atoms with Crippen LogP contribution in [0.5, 0.6) is 0 Å². The van der Waals surface area contributed by atoms with Gasteiger partial charge in [-0.3, -0.25) is 14.5 Å². The molecule has 4 rings (SSSR count). The largest absolute Gasteiger partial charge is 0.481 e. The number of rotatable bonds is 6. The molecule has 0 spiro atoms. The lowest BCUT2D eigenvalue weighted by atomic mass is 9.95. The van der Waals surface area contributed by atoms with Crippen molar-refractivity contribution in [2.24, 2.45) is 5.92 Å². The summed E-state index contributed by atoms with van der Waals surface area (Å²) in [5.41, 5.74) is 1.52. The number of fused-ring (bicyclic) bond motifs is 1. The predicted octanol–water partition coefficient (Wildman–Crippen LogP) is 3.59. The SMILES string of the molecule is O=C(O)Cc1cc2c(s1)CCN([C@@H](C(=O)C1CC1)c1ccccc1F)C2. The van der Waals surface area contributed by atoms with E-state index >= 15 is 0 Å². The molecular weight excluding hydrogens is 353 g/mol. The predicted molar refractivity (Wildman–Crippen MR) is 96.6 cm³/mol. The lowest BCUT2D eigenvalue weighted by Gasteiger charge is -2.34. The second-order valence-electron chi connectivity index (χ2n) is 7.05. The molecule has 0 bridgehead atoms. The van der Waals surface area contributed by atoms with Crippen LogP contribution in [-0.4, -0.2) is 28.3 Å². The molecule has 1 N–H and O–H groups in total. The molecule has 1 fully saturated rings. The van der Waals surface area contributed by atoms with Crippen molar-refractivity contribution in [1.29, 1.82) is 0 Å². The minimum atomic E-state index is -0.839. The summed E-state index contributed by atoms with van der Waals surface area (Å²) in [6.45, 7) is 1.24. The first-order chi connectivity index (χ1) is 12.5. The van der Waals surface area contributed by atoms with Gasteiger partial charge in [0.2, 0.25) is 0 Å². The molecule has 0 saturated heterocycles.